The lowest BCUT2D eigenvalue weighted by Crippen LogP contribution is -2.09. The topological polar surface area (TPSA) is 75.0 Å². The van der Waals surface area contributed by atoms with Gasteiger partial charge in [-0.1, -0.05) is 29.8 Å². The summed E-state index contributed by atoms with van der Waals surface area (Å²) in [6, 6.07) is 17.9. The fourth-order valence-electron chi connectivity index (χ4n) is 2.83. The number of methoxy groups -OCH3 is 1. The monoisotopic (exact) mass is 422 g/mol. The highest BCUT2D eigenvalue weighted by molar-refractivity contribution is 6.30. The molecule has 0 radical (unpaired) electrons. The molecule has 0 aliphatic heterocycles. The average molecular weight is 423 g/mol. The second-order valence-electron chi connectivity index (χ2n) is 6.24. The van der Waals surface area contributed by atoms with Gasteiger partial charge in [0.25, 0.3) is 0 Å². The van der Waals surface area contributed by atoms with Crippen molar-refractivity contribution >= 4 is 28.5 Å². The predicted molar refractivity (Wildman–Crippen MR) is 112 cm³/mol. The minimum absolute atomic E-state index is 0.00988. The second kappa shape index (κ2) is 8.31. The van der Waals surface area contributed by atoms with E-state index in [0.29, 0.717) is 22.1 Å². The average Bonchev–Trinajstić information content (AvgIpc) is 2.76. The van der Waals surface area contributed by atoms with Crippen LogP contribution in [0.3, 0.4) is 0 Å². The Morgan fingerprint density at radius 3 is 2.50 bits per heavy atom. The summed E-state index contributed by atoms with van der Waals surface area (Å²) in [6.07, 6.45) is 1.21. The molecule has 0 fully saturated rings. The summed E-state index contributed by atoms with van der Waals surface area (Å²) in [5, 5.41) is 0.710. The van der Waals surface area contributed by atoms with Crippen molar-refractivity contribution in [1.82, 2.24) is 0 Å². The lowest BCUT2D eigenvalue weighted by molar-refractivity contribution is 0.0735. The van der Waals surface area contributed by atoms with Gasteiger partial charge in [0.05, 0.1) is 18.1 Å². The third kappa shape index (κ3) is 3.99. The SMILES string of the molecule is COc1ccccc1Oc1coc2cc(OC(=O)c3cccc(Cl)c3)ccc2c1=O. The van der Waals surface area contributed by atoms with Crippen molar-refractivity contribution in [3.8, 4) is 23.0 Å². The number of carbonyl (C=O) groups is 1. The molecule has 150 valence electrons. The zero-order valence-corrected chi connectivity index (χ0v) is 16.5. The van der Waals surface area contributed by atoms with Crippen LogP contribution >= 0.6 is 11.6 Å². The van der Waals surface area contributed by atoms with Crippen LogP contribution in [0, 0.1) is 0 Å². The van der Waals surface area contributed by atoms with Crippen LogP contribution in [0.15, 0.2) is 82.2 Å². The number of hydrogen-bond acceptors (Lipinski definition) is 6. The summed E-state index contributed by atoms with van der Waals surface area (Å²) >= 11 is 5.90. The Morgan fingerprint density at radius 2 is 1.73 bits per heavy atom. The second-order valence-corrected chi connectivity index (χ2v) is 6.68. The molecular formula is C23H15ClO6. The highest BCUT2D eigenvalue weighted by Gasteiger charge is 2.14. The van der Waals surface area contributed by atoms with Crippen molar-refractivity contribution in [3.05, 3.63) is 93.8 Å². The van der Waals surface area contributed by atoms with Gasteiger partial charge in [0, 0.05) is 11.1 Å². The summed E-state index contributed by atoms with van der Waals surface area (Å²) in [4.78, 5) is 25.1. The minimum atomic E-state index is -0.574. The number of esters is 1. The number of fused-ring (bicyclic) bond motifs is 1. The van der Waals surface area contributed by atoms with E-state index in [-0.39, 0.29) is 27.9 Å². The summed E-state index contributed by atoms with van der Waals surface area (Å²) in [5.41, 5.74) is 0.197. The maximum atomic E-state index is 12.8. The molecule has 0 spiro atoms. The van der Waals surface area contributed by atoms with Crippen molar-refractivity contribution in [2.75, 3.05) is 7.11 Å². The number of para-hydroxylation sites is 2. The molecule has 0 saturated heterocycles. The first-order valence-electron chi connectivity index (χ1n) is 8.89. The number of benzene rings is 3. The van der Waals surface area contributed by atoms with Gasteiger partial charge in [-0.2, -0.15) is 0 Å². The van der Waals surface area contributed by atoms with Crippen LogP contribution in [-0.2, 0) is 0 Å². The highest BCUT2D eigenvalue weighted by atomic mass is 35.5. The van der Waals surface area contributed by atoms with Gasteiger partial charge in [-0.05, 0) is 42.5 Å². The largest absolute Gasteiger partial charge is 0.493 e. The van der Waals surface area contributed by atoms with E-state index >= 15 is 0 Å². The van der Waals surface area contributed by atoms with Crippen LogP contribution in [0.2, 0.25) is 5.02 Å². The Morgan fingerprint density at radius 1 is 0.933 bits per heavy atom. The third-order valence-electron chi connectivity index (χ3n) is 4.27. The van der Waals surface area contributed by atoms with Gasteiger partial charge in [0.1, 0.15) is 17.6 Å². The molecule has 0 bridgehead atoms. The Balaban J connectivity index is 1.61. The maximum Gasteiger partial charge on any atom is 0.343 e. The molecule has 1 aromatic heterocycles. The van der Waals surface area contributed by atoms with Crippen LogP contribution in [0.1, 0.15) is 10.4 Å². The van der Waals surface area contributed by atoms with Gasteiger partial charge < -0.3 is 18.6 Å². The molecular weight excluding hydrogens is 408 g/mol. The molecule has 0 aliphatic rings. The minimum Gasteiger partial charge on any atom is -0.493 e. The standard InChI is InChI=1S/C23H15ClO6/c1-27-18-7-2-3-8-19(18)30-21-13-28-20-12-16(9-10-17(20)22(21)25)29-23(26)14-5-4-6-15(24)11-14/h2-13H,1H3. The molecule has 4 rings (SSSR count). The molecule has 4 aromatic rings. The molecule has 0 aliphatic carbocycles. The fourth-order valence-corrected chi connectivity index (χ4v) is 3.02. The van der Waals surface area contributed by atoms with E-state index in [1.54, 1.807) is 42.5 Å². The number of rotatable bonds is 5. The van der Waals surface area contributed by atoms with Crippen molar-refractivity contribution < 1.29 is 23.4 Å². The van der Waals surface area contributed by atoms with E-state index in [0.717, 1.165) is 0 Å². The van der Waals surface area contributed by atoms with Crippen molar-refractivity contribution in [1.29, 1.82) is 0 Å². The maximum absolute atomic E-state index is 12.8. The van der Waals surface area contributed by atoms with Gasteiger partial charge in [0.2, 0.25) is 11.2 Å². The van der Waals surface area contributed by atoms with Crippen LogP contribution < -0.4 is 19.6 Å². The van der Waals surface area contributed by atoms with E-state index in [4.69, 9.17) is 30.2 Å². The van der Waals surface area contributed by atoms with E-state index in [2.05, 4.69) is 0 Å². The fraction of sp³-hybridized carbons (Fsp3) is 0.0435. The summed E-state index contributed by atoms with van der Waals surface area (Å²) < 4.78 is 21.8. The number of carbonyl (C=O) groups excluding carboxylic acids is 1. The third-order valence-corrected chi connectivity index (χ3v) is 4.51. The molecule has 0 atom stereocenters. The Labute approximate surface area is 176 Å². The van der Waals surface area contributed by atoms with Crippen molar-refractivity contribution in [2.45, 2.75) is 0 Å². The molecule has 0 saturated carbocycles. The Bertz CT molecular complexity index is 1290. The van der Waals surface area contributed by atoms with E-state index < -0.39 is 5.97 Å². The molecule has 6 nitrogen and oxygen atoms in total. The summed E-state index contributed by atoms with van der Waals surface area (Å²) in [7, 11) is 1.51. The van der Waals surface area contributed by atoms with Crippen molar-refractivity contribution in [3.63, 3.8) is 0 Å². The highest BCUT2D eigenvalue weighted by Crippen LogP contribution is 2.30. The predicted octanol–water partition coefficient (Wildman–Crippen LogP) is 5.47. The first kappa shape index (κ1) is 19.5. The van der Waals surface area contributed by atoms with Gasteiger partial charge in [-0.25, -0.2) is 4.79 Å². The summed E-state index contributed by atoms with van der Waals surface area (Å²) in [6.45, 7) is 0. The molecule has 1 heterocycles. The van der Waals surface area contributed by atoms with Gasteiger partial charge in [-0.3, -0.25) is 4.79 Å². The van der Waals surface area contributed by atoms with Crippen LogP contribution in [0.4, 0.5) is 0 Å². The first-order valence-corrected chi connectivity index (χ1v) is 9.27. The Kier molecular flexibility index (Phi) is 5.41. The first-order chi connectivity index (χ1) is 14.5. The van der Waals surface area contributed by atoms with E-state index in [1.807, 2.05) is 0 Å². The number of halogens is 1. The smallest absolute Gasteiger partial charge is 0.343 e. The lowest BCUT2D eigenvalue weighted by Gasteiger charge is -2.10. The molecule has 30 heavy (non-hydrogen) atoms. The zero-order chi connectivity index (χ0) is 21.1. The van der Waals surface area contributed by atoms with E-state index in [9.17, 15) is 9.59 Å². The lowest BCUT2D eigenvalue weighted by atomic mass is 10.2. The number of hydrogen-bond donors (Lipinski definition) is 0. The number of ether oxygens (including phenoxy) is 3. The molecule has 7 heteroatoms. The normalized spacial score (nSPS) is 10.6. The van der Waals surface area contributed by atoms with Crippen LogP contribution in [0.5, 0.6) is 23.0 Å². The molecule has 3 aromatic carbocycles. The molecule has 0 N–H and O–H groups in total. The van der Waals surface area contributed by atoms with Gasteiger partial charge in [-0.15, -0.1) is 0 Å². The van der Waals surface area contributed by atoms with Gasteiger partial charge >= 0.3 is 5.97 Å². The quantitative estimate of drug-likeness (QED) is 0.314. The molecule has 0 amide bonds. The van der Waals surface area contributed by atoms with Crippen LogP contribution in [0.25, 0.3) is 11.0 Å². The van der Waals surface area contributed by atoms with Crippen LogP contribution in [-0.4, -0.2) is 13.1 Å². The molecule has 0 unspecified atom stereocenters. The van der Waals surface area contributed by atoms with E-state index in [1.165, 1.54) is 37.6 Å². The zero-order valence-electron chi connectivity index (χ0n) is 15.8. The summed E-state index contributed by atoms with van der Waals surface area (Å²) in [5.74, 6) is 0.541. The van der Waals surface area contributed by atoms with Gasteiger partial charge in [0.15, 0.2) is 11.5 Å². The Hall–Kier alpha value is -3.77. The van der Waals surface area contributed by atoms with Crippen molar-refractivity contribution in [2.24, 2.45) is 0 Å².